The molecule has 1 aromatic carbocycles. The first-order chi connectivity index (χ1) is 13.0. The number of fused-ring (bicyclic) bond motifs is 1. The van der Waals surface area contributed by atoms with Crippen LogP contribution in [0.5, 0.6) is 5.88 Å². The number of aryl methyl sites for hydroxylation is 1. The molecule has 6 nitrogen and oxygen atoms in total. The molecule has 3 rings (SSSR count). The SMILES string of the molecule is CCNc1cc(Cl)cc(C(=O)NCc2c(OC)[nH]c3c(c2=O)CCC3)c1C. The zero-order chi connectivity index (χ0) is 19.6. The van der Waals surface area contributed by atoms with E-state index in [9.17, 15) is 9.59 Å². The van der Waals surface area contributed by atoms with Crippen LogP contribution in [0.2, 0.25) is 5.02 Å². The van der Waals surface area contributed by atoms with E-state index in [0.29, 0.717) is 22.0 Å². The number of carbonyl (C=O) groups excluding carboxylic acids is 1. The van der Waals surface area contributed by atoms with Crippen molar-refractivity contribution in [1.82, 2.24) is 10.3 Å². The van der Waals surface area contributed by atoms with E-state index in [1.54, 1.807) is 12.1 Å². The lowest BCUT2D eigenvalue weighted by Crippen LogP contribution is -2.28. The third-order valence-electron chi connectivity index (χ3n) is 4.92. The smallest absolute Gasteiger partial charge is 0.251 e. The van der Waals surface area contributed by atoms with Gasteiger partial charge in [0, 0.05) is 34.1 Å². The van der Waals surface area contributed by atoms with Crippen molar-refractivity contribution in [3.05, 3.63) is 55.3 Å². The summed E-state index contributed by atoms with van der Waals surface area (Å²) in [6.07, 6.45) is 2.56. The van der Waals surface area contributed by atoms with Crippen molar-refractivity contribution in [2.45, 2.75) is 39.7 Å². The lowest BCUT2D eigenvalue weighted by Gasteiger charge is -2.15. The third-order valence-corrected chi connectivity index (χ3v) is 5.14. The average molecular weight is 390 g/mol. The van der Waals surface area contributed by atoms with E-state index in [1.165, 1.54) is 7.11 Å². The molecule has 3 N–H and O–H groups in total. The molecular formula is C20H24ClN3O3. The third kappa shape index (κ3) is 3.81. The van der Waals surface area contributed by atoms with Crippen LogP contribution in [0.25, 0.3) is 0 Å². The zero-order valence-corrected chi connectivity index (χ0v) is 16.5. The quantitative estimate of drug-likeness (QED) is 0.708. The van der Waals surface area contributed by atoms with Crippen molar-refractivity contribution in [2.24, 2.45) is 0 Å². The minimum Gasteiger partial charge on any atom is -0.482 e. The Morgan fingerprint density at radius 1 is 1.33 bits per heavy atom. The number of ether oxygens (including phenoxy) is 1. The summed E-state index contributed by atoms with van der Waals surface area (Å²) in [4.78, 5) is 28.7. The Bertz CT molecular complexity index is 937. The van der Waals surface area contributed by atoms with E-state index >= 15 is 0 Å². The number of hydrogen-bond acceptors (Lipinski definition) is 4. The van der Waals surface area contributed by atoms with Crippen LogP contribution in [0.4, 0.5) is 5.69 Å². The Hall–Kier alpha value is -2.47. The number of hydrogen-bond donors (Lipinski definition) is 3. The Kier molecular flexibility index (Phi) is 5.75. The van der Waals surface area contributed by atoms with Crippen LogP contribution in [-0.4, -0.2) is 24.5 Å². The number of anilines is 1. The average Bonchev–Trinajstić information content (AvgIpc) is 3.12. The topological polar surface area (TPSA) is 83.2 Å². The van der Waals surface area contributed by atoms with Gasteiger partial charge in [0.2, 0.25) is 0 Å². The highest BCUT2D eigenvalue weighted by molar-refractivity contribution is 6.31. The molecule has 0 radical (unpaired) electrons. The van der Waals surface area contributed by atoms with E-state index < -0.39 is 0 Å². The molecule has 0 saturated heterocycles. The molecule has 0 aliphatic heterocycles. The molecule has 0 spiro atoms. The minimum atomic E-state index is -0.281. The van der Waals surface area contributed by atoms with Gasteiger partial charge in [-0.2, -0.15) is 0 Å². The second kappa shape index (κ2) is 8.05. The van der Waals surface area contributed by atoms with Gasteiger partial charge in [0.05, 0.1) is 19.2 Å². The Labute approximate surface area is 163 Å². The molecule has 1 aliphatic carbocycles. The summed E-state index contributed by atoms with van der Waals surface area (Å²) in [7, 11) is 1.52. The van der Waals surface area contributed by atoms with Gasteiger partial charge in [-0.3, -0.25) is 9.59 Å². The molecule has 2 aromatic rings. The fourth-order valence-electron chi connectivity index (χ4n) is 3.52. The van der Waals surface area contributed by atoms with Gasteiger partial charge in [0.25, 0.3) is 5.91 Å². The molecule has 1 aromatic heterocycles. The van der Waals surface area contributed by atoms with Crippen LogP contribution < -0.4 is 20.8 Å². The number of aromatic nitrogens is 1. The second-order valence-corrected chi connectivity index (χ2v) is 7.05. The van der Waals surface area contributed by atoms with Crippen LogP contribution in [0, 0.1) is 6.92 Å². The number of benzene rings is 1. The van der Waals surface area contributed by atoms with Crippen LogP contribution in [0.3, 0.4) is 0 Å². The standard InChI is InChI=1S/C20H24ClN3O3/c1-4-22-17-9-12(21)8-14(11(17)2)19(26)23-10-15-18(25)13-6-5-7-16(13)24-20(15)27-3/h8-9,22H,4-7,10H2,1-3H3,(H,23,26)(H,24,25). The fourth-order valence-corrected chi connectivity index (χ4v) is 3.74. The molecule has 0 unspecified atom stereocenters. The summed E-state index contributed by atoms with van der Waals surface area (Å²) in [5.74, 6) is 0.133. The molecule has 1 aliphatic rings. The zero-order valence-electron chi connectivity index (χ0n) is 15.8. The van der Waals surface area contributed by atoms with Crippen molar-refractivity contribution < 1.29 is 9.53 Å². The van der Waals surface area contributed by atoms with E-state index in [0.717, 1.165) is 48.3 Å². The van der Waals surface area contributed by atoms with Gasteiger partial charge in [-0.1, -0.05) is 11.6 Å². The van der Waals surface area contributed by atoms with E-state index in [4.69, 9.17) is 16.3 Å². The number of aromatic amines is 1. The first kappa shape index (κ1) is 19.3. The first-order valence-electron chi connectivity index (χ1n) is 9.09. The maximum absolute atomic E-state index is 12.8. The number of pyridine rings is 1. The summed E-state index contributed by atoms with van der Waals surface area (Å²) in [5.41, 5.74) is 4.25. The highest BCUT2D eigenvalue weighted by Crippen LogP contribution is 2.25. The molecule has 7 heteroatoms. The first-order valence-corrected chi connectivity index (χ1v) is 9.47. The highest BCUT2D eigenvalue weighted by atomic mass is 35.5. The van der Waals surface area contributed by atoms with Gasteiger partial charge >= 0.3 is 0 Å². The molecular weight excluding hydrogens is 366 g/mol. The van der Waals surface area contributed by atoms with Crippen molar-refractivity contribution in [3.63, 3.8) is 0 Å². The number of carbonyl (C=O) groups is 1. The number of rotatable bonds is 6. The summed E-state index contributed by atoms with van der Waals surface area (Å²) in [6, 6.07) is 3.43. The lowest BCUT2D eigenvalue weighted by molar-refractivity contribution is 0.0950. The van der Waals surface area contributed by atoms with Gasteiger partial charge in [-0.05, 0) is 50.8 Å². The summed E-state index contributed by atoms with van der Waals surface area (Å²) in [5, 5.41) is 6.52. The Morgan fingerprint density at radius 2 is 2.11 bits per heavy atom. The monoisotopic (exact) mass is 389 g/mol. The Balaban J connectivity index is 1.86. The van der Waals surface area contributed by atoms with Crippen LogP contribution in [-0.2, 0) is 19.4 Å². The van der Waals surface area contributed by atoms with E-state index in [2.05, 4.69) is 15.6 Å². The van der Waals surface area contributed by atoms with Crippen molar-refractivity contribution in [3.8, 4) is 5.88 Å². The predicted octanol–water partition coefficient (Wildman–Crippen LogP) is 3.20. The summed E-state index contributed by atoms with van der Waals surface area (Å²) >= 11 is 6.16. The predicted molar refractivity (Wildman–Crippen MR) is 107 cm³/mol. The molecule has 0 atom stereocenters. The molecule has 0 saturated carbocycles. The number of methoxy groups -OCH3 is 1. The van der Waals surface area contributed by atoms with Gasteiger partial charge in [0.1, 0.15) is 0 Å². The molecule has 144 valence electrons. The van der Waals surface area contributed by atoms with Crippen molar-refractivity contribution in [2.75, 3.05) is 19.0 Å². The number of H-pyrrole nitrogens is 1. The maximum Gasteiger partial charge on any atom is 0.251 e. The van der Waals surface area contributed by atoms with Crippen molar-refractivity contribution >= 4 is 23.2 Å². The number of halogens is 1. The summed E-state index contributed by atoms with van der Waals surface area (Å²) in [6.45, 7) is 4.66. The van der Waals surface area contributed by atoms with Gasteiger partial charge in [-0.25, -0.2) is 0 Å². The van der Waals surface area contributed by atoms with Crippen LogP contribution in [0.1, 0.15) is 46.1 Å². The van der Waals surface area contributed by atoms with Gasteiger partial charge in [-0.15, -0.1) is 0 Å². The van der Waals surface area contributed by atoms with Crippen LogP contribution >= 0.6 is 11.6 Å². The molecule has 1 amide bonds. The second-order valence-electron chi connectivity index (χ2n) is 6.62. The van der Waals surface area contributed by atoms with E-state index in [1.807, 2.05) is 13.8 Å². The number of amides is 1. The van der Waals surface area contributed by atoms with Gasteiger partial charge in [0.15, 0.2) is 11.3 Å². The molecule has 0 bridgehead atoms. The minimum absolute atomic E-state index is 0.0467. The lowest BCUT2D eigenvalue weighted by atomic mass is 10.1. The maximum atomic E-state index is 12.8. The summed E-state index contributed by atoms with van der Waals surface area (Å²) < 4.78 is 5.35. The molecule has 1 heterocycles. The Morgan fingerprint density at radius 3 is 2.81 bits per heavy atom. The fraction of sp³-hybridized carbons (Fsp3) is 0.400. The highest BCUT2D eigenvalue weighted by Gasteiger charge is 2.22. The van der Waals surface area contributed by atoms with Gasteiger partial charge < -0.3 is 20.4 Å². The molecule has 0 fully saturated rings. The van der Waals surface area contributed by atoms with Crippen molar-refractivity contribution in [1.29, 1.82) is 0 Å². The number of nitrogens with one attached hydrogen (secondary N) is 3. The normalized spacial score (nSPS) is 12.6. The largest absolute Gasteiger partial charge is 0.482 e. The molecule has 27 heavy (non-hydrogen) atoms. The van der Waals surface area contributed by atoms with Crippen LogP contribution in [0.15, 0.2) is 16.9 Å². The van der Waals surface area contributed by atoms with E-state index in [-0.39, 0.29) is 17.9 Å².